The molecule has 34 heavy (non-hydrogen) atoms. The lowest BCUT2D eigenvalue weighted by Crippen LogP contribution is -2.78. The van der Waals surface area contributed by atoms with Crippen LogP contribution in [-0.2, 0) is 28.5 Å². The Balaban J connectivity index is 1.33. The number of ether oxygens (including phenoxy) is 1. The summed E-state index contributed by atoms with van der Waals surface area (Å²) in [6.45, 7) is 1.68. The Hall–Kier alpha value is -2.91. The number of likely N-dealkylation sites (tertiary alicyclic amines) is 1. The topological polar surface area (TPSA) is 117 Å². The first-order chi connectivity index (χ1) is 16.3. The molecule has 5 atom stereocenters. The van der Waals surface area contributed by atoms with Crippen molar-refractivity contribution in [3.05, 3.63) is 35.5 Å². The fraction of sp³-hybridized carbons (Fsp3) is 0.560. The number of aromatic nitrogens is 2. The molecular weight excluding hydrogens is 436 g/mol. The number of nitrogens with one attached hydrogen (secondary N) is 1. The Morgan fingerprint density at radius 3 is 2.88 bits per heavy atom. The average Bonchev–Trinajstić information content (AvgIpc) is 3.41. The highest BCUT2D eigenvalue weighted by molar-refractivity contribution is 6.10. The van der Waals surface area contributed by atoms with E-state index in [1.165, 1.54) is 12.8 Å². The zero-order chi connectivity index (χ0) is 23.4. The zero-order valence-electron chi connectivity index (χ0n) is 19.0. The van der Waals surface area contributed by atoms with E-state index in [1.807, 2.05) is 6.07 Å². The van der Waals surface area contributed by atoms with Gasteiger partial charge in [-0.05, 0) is 56.2 Å². The number of hydrogen-bond donors (Lipinski definition) is 3. The number of aliphatic hydroxyl groups is 1. The van der Waals surface area contributed by atoms with E-state index >= 15 is 0 Å². The smallest absolute Gasteiger partial charge is 0.236 e. The minimum Gasteiger partial charge on any atom is -0.504 e. The number of Topliss-reactive ketones (excluding diaryl/α,β-unsaturated/α-hetero) is 1. The molecule has 7 rings (SSSR count). The van der Waals surface area contributed by atoms with E-state index in [2.05, 4.69) is 15.3 Å². The molecule has 2 bridgehead atoms. The van der Waals surface area contributed by atoms with Crippen molar-refractivity contribution in [1.29, 1.82) is 0 Å². The number of carbonyl (C=O) groups is 2. The fourth-order valence-corrected chi connectivity index (χ4v) is 7.22. The van der Waals surface area contributed by atoms with Crippen LogP contribution in [-0.4, -0.2) is 67.4 Å². The van der Waals surface area contributed by atoms with Crippen LogP contribution in [0.5, 0.6) is 11.5 Å². The Morgan fingerprint density at radius 1 is 1.32 bits per heavy atom. The molecule has 2 saturated carbocycles. The average molecular weight is 465 g/mol. The summed E-state index contributed by atoms with van der Waals surface area (Å²) in [5.74, 6) is -0.586. The number of phenols is 1. The molecule has 2 aromatic rings. The second-order valence-corrected chi connectivity index (χ2v) is 10.8. The number of carbonyl (C=O) groups excluding carboxylic acids is 2. The normalized spacial score (nSPS) is 35.6. The van der Waals surface area contributed by atoms with Gasteiger partial charge < -0.3 is 20.3 Å². The molecule has 9 nitrogen and oxygen atoms in total. The molecule has 0 radical (unpaired) electrons. The Morgan fingerprint density at radius 2 is 2.15 bits per heavy atom. The molecule has 1 aromatic carbocycles. The van der Waals surface area contributed by atoms with Crippen LogP contribution in [0.25, 0.3) is 0 Å². The first-order valence-corrected chi connectivity index (χ1v) is 12.1. The van der Waals surface area contributed by atoms with Crippen LogP contribution in [0.4, 0.5) is 5.82 Å². The molecule has 1 aromatic heterocycles. The van der Waals surface area contributed by atoms with Gasteiger partial charge in [-0.3, -0.25) is 19.2 Å². The van der Waals surface area contributed by atoms with Crippen molar-refractivity contribution >= 4 is 17.5 Å². The lowest BCUT2D eigenvalue weighted by Gasteiger charge is -2.63. The number of phenolic OH excluding ortho intramolecular Hbond substituents is 1. The quantitative estimate of drug-likeness (QED) is 0.581. The molecule has 1 unspecified atom stereocenters. The third-order valence-electron chi connectivity index (χ3n) is 8.91. The summed E-state index contributed by atoms with van der Waals surface area (Å²) < 4.78 is 7.75. The van der Waals surface area contributed by atoms with E-state index in [-0.39, 0.29) is 24.0 Å². The van der Waals surface area contributed by atoms with E-state index in [0.717, 1.165) is 24.2 Å². The van der Waals surface area contributed by atoms with E-state index in [9.17, 15) is 19.8 Å². The van der Waals surface area contributed by atoms with E-state index < -0.39 is 28.9 Å². The maximum absolute atomic E-state index is 13.8. The van der Waals surface area contributed by atoms with Crippen molar-refractivity contribution in [3.63, 3.8) is 0 Å². The Kier molecular flexibility index (Phi) is 3.98. The summed E-state index contributed by atoms with van der Waals surface area (Å²) in [5, 5.41) is 30.1. The highest BCUT2D eigenvalue weighted by atomic mass is 16.5. The van der Waals surface area contributed by atoms with Gasteiger partial charge in [0.05, 0.1) is 11.0 Å². The predicted octanol–water partition coefficient (Wildman–Crippen LogP) is 1.12. The lowest BCUT2D eigenvalue weighted by molar-refractivity contribution is -0.197. The number of rotatable bonds is 4. The van der Waals surface area contributed by atoms with Crippen molar-refractivity contribution in [1.82, 2.24) is 14.7 Å². The molecule has 9 heteroatoms. The van der Waals surface area contributed by atoms with Crippen LogP contribution in [0.15, 0.2) is 24.4 Å². The van der Waals surface area contributed by atoms with Crippen molar-refractivity contribution in [2.45, 2.75) is 55.3 Å². The molecule has 2 aliphatic heterocycles. The molecule has 5 aliphatic rings. The number of hydrogen-bond acceptors (Lipinski definition) is 7. The number of benzene rings is 1. The Bertz CT molecular complexity index is 1240. The van der Waals surface area contributed by atoms with Crippen molar-refractivity contribution in [2.75, 3.05) is 18.4 Å². The van der Waals surface area contributed by atoms with Gasteiger partial charge in [-0.2, -0.15) is 5.10 Å². The van der Waals surface area contributed by atoms with Crippen LogP contribution in [0, 0.1) is 11.8 Å². The summed E-state index contributed by atoms with van der Waals surface area (Å²) in [5.41, 5.74) is -0.469. The lowest BCUT2D eigenvalue weighted by atomic mass is 9.47. The standard InChI is InChI=1S/C25H28N4O5/c1-28-8-6-18(27-28)26-23(32)15-11-25(33)17-10-14-4-5-16(30)21-19(14)24(25,22(34-21)20(15)31)7-9-29(17)12-13-2-3-13/h4-6,8,13,15,17,22,30,33H,2-3,7,9-12H2,1H3,(H,26,27,32)/t15?,17-,22+,24+,25-/m1/s1. The maximum atomic E-state index is 13.8. The number of nitrogens with zero attached hydrogens (tertiary/aromatic N) is 3. The van der Waals surface area contributed by atoms with Crippen LogP contribution in [0.3, 0.4) is 0 Å². The number of aryl methyl sites for hydroxylation is 1. The van der Waals surface area contributed by atoms with Gasteiger partial charge in [0.2, 0.25) is 5.91 Å². The molecular formula is C25H28N4O5. The molecule has 3 fully saturated rings. The number of anilines is 1. The monoisotopic (exact) mass is 464 g/mol. The summed E-state index contributed by atoms with van der Waals surface area (Å²) >= 11 is 0. The van der Waals surface area contributed by atoms with Gasteiger partial charge >= 0.3 is 0 Å². The zero-order valence-corrected chi connectivity index (χ0v) is 19.0. The first kappa shape index (κ1) is 20.5. The van der Waals surface area contributed by atoms with Gasteiger partial charge in [0.25, 0.3) is 0 Å². The second kappa shape index (κ2) is 6.60. The van der Waals surface area contributed by atoms with Gasteiger partial charge in [0.15, 0.2) is 29.2 Å². The van der Waals surface area contributed by atoms with E-state index in [4.69, 9.17) is 4.74 Å². The maximum Gasteiger partial charge on any atom is 0.236 e. The van der Waals surface area contributed by atoms with Gasteiger partial charge in [0.1, 0.15) is 5.92 Å². The van der Waals surface area contributed by atoms with E-state index in [1.54, 1.807) is 30.1 Å². The molecule has 178 valence electrons. The van der Waals surface area contributed by atoms with Crippen LogP contribution < -0.4 is 10.1 Å². The van der Waals surface area contributed by atoms with Crippen molar-refractivity contribution in [3.8, 4) is 11.5 Å². The van der Waals surface area contributed by atoms with Gasteiger partial charge in [-0.25, -0.2) is 0 Å². The molecule has 1 saturated heterocycles. The minimum atomic E-state index is -1.32. The minimum absolute atomic E-state index is 0.0222. The second-order valence-electron chi connectivity index (χ2n) is 10.8. The molecule has 1 amide bonds. The van der Waals surface area contributed by atoms with Crippen LogP contribution >= 0.6 is 0 Å². The third kappa shape index (κ3) is 2.49. The Labute approximate surface area is 196 Å². The van der Waals surface area contributed by atoms with Crippen LogP contribution in [0.2, 0.25) is 0 Å². The summed E-state index contributed by atoms with van der Waals surface area (Å²) in [4.78, 5) is 29.5. The third-order valence-corrected chi connectivity index (χ3v) is 8.91. The first-order valence-electron chi connectivity index (χ1n) is 12.1. The summed E-state index contributed by atoms with van der Waals surface area (Å²) in [6, 6.07) is 4.97. The van der Waals surface area contributed by atoms with Gasteiger partial charge in [0, 0.05) is 37.5 Å². The molecule has 3 heterocycles. The largest absolute Gasteiger partial charge is 0.504 e. The fourth-order valence-electron chi connectivity index (χ4n) is 7.22. The van der Waals surface area contributed by atoms with Gasteiger partial charge in [-0.1, -0.05) is 6.07 Å². The molecule has 1 spiro atoms. The SMILES string of the molecule is Cn1ccc(NC(=O)C2C[C@@]3(O)[C@H]4Cc5ccc(O)c6c5[C@@]3(CCN4CC3CC3)[C@@H](O6)C2=O)n1. The number of ketones is 1. The van der Waals surface area contributed by atoms with Gasteiger partial charge in [-0.15, -0.1) is 0 Å². The summed E-state index contributed by atoms with van der Waals surface area (Å²) in [6.07, 6.45) is 4.32. The highest BCUT2D eigenvalue weighted by Gasteiger charge is 2.75. The summed E-state index contributed by atoms with van der Waals surface area (Å²) in [7, 11) is 1.75. The van der Waals surface area contributed by atoms with Crippen LogP contribution in [0.1, 0.15) is 36.8 Å². The number of amides is 1. The predicted molar refractivity (Wildman–Crippen MR) is 121 cm³/mol. The van der Waals surface area contributed by atoms with Crippen molar-refractivity contribution < 1.29 is 24.5 Å². The van der Waals surface area contributed by atoms with Crippen molar-refractivity contribution in [2.24, 2.45) is 18.9 Å². The number of aromatic hydroxyl groups is 1. The highest BCUT2D eigenvalue weighted by Crippen LogP contribution is 2.65. The molecule has 3 aliphatic carbocycles. The number of piperidine rings is 1. The van der Waals surface area contributed by atoms with E-state index in [0.29, 0.717) is 30.3 Å². The molecule has 3 N–H and O–H groups in total.